The van der Waals surface area contributed by atoms with Gasteiger partial charge in [0.2, 0.25) is 15.9 Å². The molecule has 1 spiro atoms. The molecule has 27 heavy (non-hydrogen) atoms. The molecule has 1 aliphatic carbocycles. The second-order valence-corrected chi connectivity index (χ2v) is 10.2. The molecule has 1 aromatic carbocycles. The van der Waals surface area contributed by atoms with Gasteiger partial charge in [-0.2, -0.15) is 4.31 Å². The summed E-state index contributed by atoms with van der Waals surface area (Å²) in [4.78, 5) is 13.9. The Morgan fingerprint density at radius 2 is 1.96 bits per heavy atom. The highest BCUT2D eigenvalue weighted by molar-refractivity contribution is 7.89. The highest BCUT2D eigenvalue weighted by Crippen LogP contribution is 2.46. The van der Waals surface area contributed by atoms with E-state index in [0.29, 0.717) is 24.5 Å². The van der Waals surface area contributed by atoms with E-state index >= 15 is 0 Å². The van der Waals surface area contributed by atoms with Crippen molar-refractivity contribution in [1.29, 1.82) is 0 Å². The molecule has 0 bridgehead atoms. The molecule has 0 unspecified atom stereocenters. The van der Waals surface area contributed by atoms with E-state index < -0.39 is 16.1 Å². The number of sulfonamides is 1. The zero-order chi connectivity index (χ0) is 19.2. The standard InChI is InChI=1S/C20H28N2O4S/c1-15(23)22-12-3-5-16-13-17(7-8-18(16)22)27(25,26)21-11-4-10-20(14-21)9-2-6-19(20)24/h7-8,13,19,24H,2-6,9-12,14H2,1H3/t19-,20+/m1/s1. The van der Waals surface area contributed by atoms with Crippen molar-refractivity contribution in [2.75, 3.05) is 24.5 Å². The lowest BCUT2D eigenvalue weighted by atomic mass is 9.77. The normalized spacial score (nSPS) is 29.1. The van der Waals surface area contributed by atoms with E-state index in [1.54, 1.807) is 34.3 Å². The Bertz CT molecular complexity index is 854. The minimum atomic E-state index is -3.60. The van der Waals surface area contributed by atoms with E-state index in [2.05, 4.69) is 0 Å². The average molecular weight is 393 g/mol. The number of anilines is 1. The van der Waals surface area contributed by atoms with Crippen LogP contribution >= 0.6 is 0 Å². The molecule has 7 heteroatoms. The molecule has 2 fully saturated rings. The Balaban J connectivity index is 1.63. The van der Waals surface area contributed by atoms with Crippen LogP contribution < -0.4 is 4.90 Å². The summed E-state index contributed by atoms with van der Waals surface area (Å²) < 4.78 is 28.2. The first kappa shape index (κ1) is 18.9. The van der Waals surface area contributed by atoms with E-state index in [1.807, 2.05) is 0 Å². The third kappa shape index (κ3) is 3.19. The van der Waals surface area contributed by atoms with Gasteiger partial charge in [-0.1, -0.05) is 6.42 Å². The van der Waals surface area contributed by atoms with Crippen LogP contribution in [0.25, 0.3) is 0 Å². The Labute approximate surface area is 161 Å². The van der Waals surface area contributed by atoms with E-state index in [4.69, 9.17) is 0 Å². The molecule has 1 saturated heterocycles. The Hall–Kier alpha value is -1.44. The van der Waals surface area contributed by atoms with Gasteiger partial charge in [0, 0.05) is 37.7 Å². The van der Waals surface area contributed by atoms with Crippen molar-refractivity contribution >= 4 is 21.6 Å². The summed E-state index contributed by atoms with van der Waals surface area (Å²) in [5.41, 5.74) is 1.48. The number of aliphatic hydroxyl groups excluding tert-OH is 1. The zero-order valence-electron chi connectivity index (χ0n) is 15.9. The van der Waals surface area contributed by atoms with Crippen LogP contribution in [0, 0.1) is 5.41 Å². The second-order valence-electron chi connectivity index (χ2n) is 8.28. The largest absolute Gasteiger partial charge is 0.392 e. The molecule has 1 aromatic rings. The summed E-state index contributed by atoms with van der Waals surface area (Å²) in [6.07, 6.45) is 5.56. The lowest BCUT2D eigenvalue weighted by molar-refractivity contribution is -0.116. The fourth-order valence-electron chi connectivity index (χ4n) is 5.13. The lowest BCUT2D eigenvalue weighted by Crippen LogP contribution is -2.49. The van der Waals surface area contributed by atoms with E-state index in [1.165, 1.54) is 0 Å². The van der Waals surface area contributed by atoms with Gasteiger partial charge >= 0.3 is 0 Å². The summed E-state index contributed by atoms with van der Waals surface area (Å²) in [6.45, 7) is 3.14. The number of benzene rings is 1. The van der Waals surface area contributed by atoms with Gasteiger partial charge in [-0.15, -0.1) is 0 Å². The number of carbonyl (C=O) groups excluding carboxylic acids is 1. The molecular weight excluding hydrogens is 364 g/mol. The monoisotopic (exact) mass is 392 g/mol. The molecule has 148 valence electrons. The number of hydrogen-bond donors (Lipinski definition) is 1. The number of aryl methyl sites for hydroxylation is 1. The quantitative estimate of drug-likeness (QED) is 0.838. The van der Waals surface area contributed by atoms with Crippen molar-refractivity contribution in [1.82, 2.24) is 4.31 Å². The minimum Gasteiger partial charge on any atom is -0.392 e. The summed E-state index contributed by atoms with van der Waals surface area (Å²) in [5.74, 6) is -0.0141. The van der Waals surface area contributed by atoms with Crippen molar-refractivity contribution in [2.45, 2.75) is 62.9 Å². The highest BCUT2D eigenvalue weighted by Gasteiger charge is 2.47. The number of carbonyl (C=O) groups is 1. The number of nitrogens with zero attached hydrogens (tertiary/aromatic N) is 2. The lowest BCUT2D eigenvalue weighted by Gasteiger charge is -2.42. The fourth-order valence-corrected chi connectivity index (χ4v) is 6.75. The van der Waals surface area contributed by atoms with Crippen LogP contribution in [0.4, 0.5) is 5.69 Å². The number of rotatable bonds is 2. The van der Waals surface area contributed by atoms with Crippen LogP contribution in [-0.2, 0) is 21.2 Å². The van der Waals surface area contributed by atoms with Gasteiger partial charge in [-0.05, 0) is 62.3 Å². The van der Waals surface area contributed by atoms with E-state index in [0.717, 1.165) is 56.2 Å². The first-order valence-corrected chi connectivity index (χ1v) is 11.4. The van der Waals surface area contributed by atoms with Crippen LogP contribution in [0.15, 0.2) is 23.1 Å². The van der Waals surface area contributed by atoms with Gasteiger partial charge in [0.25, 0.3) is 0 Å². The topological polar surface area (TPSA) is 77.9 Å². The van der Waals surface area contributed by atoms with Gasteiger partial charge in [-0.25, -0.2) is 8.42 Å². The van der Waals surface area contributed by atoms with Crippen LogP contribution in [0.1, 0.15) is 51.0 Å². The first-order chi connectivity index (χ1) is 12.8. The summed E-state index contributed by atoms with van der Waals surface area (Å²) >= 11 is 0. The van der Waals surface area contributed by atoms with Crippen LogP contribution in [0.5, 0.6) is 0 Å². The predicted molar refractivity (Wildman–Crippen MR) is 103 cm³/mol. The third-order valence-corrected chi connectivity index (χ3v) is 8.46. The van der Waals surface area contributed by atoms with Gasteiger partial charge < -0.3 is 10.0 Å². The van der Waals surface area contributed by atoms with Crippen LogP contribution in [-0.4, -0.2) is 49.5 Å². The summed E-state index contributed by atoms with van der Waals surface area (Å²) in [6, 6.07) is 5.14. The molecule has 1 N–H and O–H groups in total. The number of piperidine rings is 1. The highest BCUT2D eigenvalue weighted by atomic mass is 32.2. The zero-order valence-corrected chi connectivity index (χ0v) is 16.7. The molecule has 4 rings (SSSR count). The number of amides is 1. The SMILES string of the molecule is CC(=O)N1CCCc2cc(S(=O)(=O)N3CCC[C@@]4(CCC[C@H]4O)C3)ccc21. The first-order valence-electron chi connectivity index (χ1n) is 9.93. The molecule has 6 nitrogen and oxygen atoms in total. The molecule has 1 amide bonds. The van der Waals surface area contributed by atoms with Gasteiger partial charge in [0.1, 0.15) is 0 Å². The average Bonchev–Trinajstić information content (AvgIpc) is 3.00. The summed E-state index contributed by atoms with van der Waals surface area (Å²) in [7, 11) is -3.60. The van der Waals surface area contributed by atoms with Crippen molar-refractivity contribution in [3.05, 3.63) is 23.8 Å². The fraction of sp³-hybridized carbons (Fsp3) is 0.650. The molecule has 2 aliphatic heterocycles. The maximum Gasteiger partial charge on any atom is 0.243 e. The molecule has 2 heterocycles. The Kier molecular flexibility index (Phi) is 4.81. The third-order valence-electron chi connectivity index (χ3n) is 6.62. The molecule has 0 aromatic heterocycles. The van der Waals surface area contributed by atoms with Crippen molar-refractivity contribution in [3.63, 3.8) is 0 Å². The van der Waals surface area contributed by atoms with Crippen molar-refractivity contribution in [2.24, 2.45) is 5.41 Å². The predicted octanol–water partition coefficient (Wildman–Crippen LogP) is 2.30. The Morgan fingerprint density at radius 1 is 1.19 bits per heavy atom. The molecule has 1 saturated carbocycles. The van der Waals surface area contributed by atoms with Gasteiger partial charge in [0.15, 0.2) is 0 Å². The van der Waals surface area contributed by atoms with Crippen LogP contribution in [0.3, 0.4) is 0 Å². The van der Waals surface area contributed by atoms with Gasteiger partial charge in [-0.3, -0.25) is 4.79 Å². The Morgan fingerprint density at radius 3 is 2.67 bits per heavy atom. The smallest absolute Gasteiger partial charge is 0.243 e. The number of aliphatic hydroxyl groups is 1. The second kappa shape index (κ2) is 6.87. The number of hydrogen-bond acceptors (Lipinski definition) is 4. The molecule has 0 radical (unpaired) electrons. The molecule has 3 aliphatic rings. The molecular formula is C20H28N2O4S. The van der Waals surface area contributed by atoms with Gasteiger partial charge in [0.05, 0.1) is 11.0 Å². The van der Waals surface area contributed by atoms with E-state index in [9.17, 15) is 18.3 Å². The van der Waals surface area contributed by atoms with E-state index in [-0.39, 0.29) is 11.3 Å². The summed E-state index contributed by atoms with van der Waals surface area (Å²) in [5, 5.41) is 10.4. The molecule has 2 atom stereocenters. The maximum atomic E-state index is 13.3. The van der Waals surface area contributed by atoms with Crippen LogP contribution in [0.2, 0.25) is 0 Å². The maximum absolute atomic E-state index is 13.3. The van der Waals surface area contributed by atoms with Crippen molar-refractivity contribution in [3.8, 4) is 0 Å². The minimum absolute atomic E-state index is 0.0141. The van der Waals surface area contributed by atoms with Crippen molar-refractivity contribution < 1.29 is 18.3 Å². The number of fused-ring (bicyclic) bond motifs is 1.